The highest BCUT2D eigenvalue weighted by Crippen LogP contribution is 2.28. The van der Waals surface area contributed by atoms with Crippen molar-refractivity contribution in [3.63, 3.8) is 0 Å². The Hall–Kier alpha value is -4.10. The number of imidazole rings is 1. The van der Waals surface area contributed by atoms with Gasteiger partial charge in [0.1, 0.15) is 19.0 Å². The topological polar surface area (TPSA) is 62.1 Å². The molecular formula is C28H24N2O4S. The lowest BCUT2D eigenvalue weighted by molar-refractivity contribution is 0.211. The summed E-state index contributed by atoms with van der Waals surface area (Å²) >= 11 is 1.37. The molecule has 3 aromatic carbocycles. The van der Waals surface area contributed by atoms with Crippen molar-refractivity contribution in [1.82, 2.24) is 9.38 Å². The van der Waals surface area contributed by atoms with Crippen molar-refractivity contribution in [1.29, 1.82) is 0 Å². The molecule has 35 heavy (non-hydrogen) atoms. The summed E-state index contributed by atoms with van der Waals surface area (Å²) in [7, 11) is 1.62. The largest absolute Gasteiger partial charge is 0.493 e. The Morgan fingerprint density at radius 3 is 2.57 bits per heavy atom. The van der Waals surface area contributed by atoms with Gasteiger partial charge >= 0.3 is 0 Å². The molecule has 0 saturated carbocycles. The van der Waals surface area contributed by atoms with Crippen LogP contribution in [0.5, 0.6) is 17.2 Å². The molecule has 176 valence electrons. The number of hydrogen-bond acceptors (Lipinski definition) is 6. The van der Waals surface area contributed by atoms with Gasteiger partial charge in [-0.1, -0.05) is 53.8 Å². The van der Waals surface area contributed by atoms with Crippen LogP contribution in [0.25, 0.3) is 22.1 Å². The van der Waals surface area contributed by atoms with Gasteiger partial charge in [0.25, 0.3) is 5.56 Å². The van der Waals surface area contributed by atoms with Gasteiger partial charge in [-0.05, 0) is 48.4 Å². The lowest BCUT2D eigenvalue weighted by Gasteiger charge is -2.13. The van der Waals surface area contributed by atoms with Crippen molar-refractivity contribution in [3.05, 3.63) is 105 Å². The number of nitrogens with zero attached hydrogens (tertiary/aromatic N) is 2. The van der Waals surface area contributed by atoms with Crippen LogP contribution in [0.3, 0.4) is 0 Å². The predicted octanol–water partition coefficient (Wildman–Crippen LogP) is 4.65. The Balaban J connectivity index is 1.32. The van der Waals surface area contributed by atoms with E-state index in [1.807, 2.05) is 78.9 Å². The zero-order valence-corrected chi connectivity index (χ0v) is 20.1. The second kappa shape index (κ2) is 10.0. The first-order valence-electron chi connectivity index (χ1n) is 11.2. The van der Waals surface area contributed by atoms with Gasteiger partial charge in [0.05, 0.1) is 22.7 Å². The summed E-state index contributed by atoms with van der Waals surface area (Å²) in [5.74, 6) is 2.02. The number of ether oxygens (including phenoxy) is 3. The highest BCUT2D eigenvalue weighted by Gasteiger charge is 2.11. The van der Waals surface area contributed by atoms with Crippen molar-refractivity contribution < 1.29 is 14.2 Å². The molecule has 0 radical (unpaired) electrons. The van der Waals surface area contributed by atoms with E-state index >= 15 is 0 Å². The number of para-hydroxylation sites is 3. The summed E-state index contributed by atoms with van der Waals surface area (Å²) in [6.07, 6.45) is 4.47. The highest BCUT2D eigenvalue weighted by atomic mass is 32.1. The van der Waals surface area contributed by atoms with E-state index in [9.17, 15) is 4.79 Å². The second-order valence-corrected chi connectivity index (χ2v) is 8.86. The van der Waals surface area contributed by atoms with E-state index in [1.54, 1.807) is 11.5 Å². The molecule has 2 aromatic heterocycles. The number of thiazole rings is 1. The van der Waals surface area contributed by atoms with Crippen LogP contribution in [0.15, 0.2) is 84.2 Å². The van der Waals surface area contributed by atoms with Crippen LogP contribution in [-0.2, 0) is 6.42 Å². The van der Waals surface area contributed by atoms with E-state index in [-0.39, 0.29) is 5.56 Å². The normalized spacial score (nSPS) is 11.7. The molecule has 5 rings (SSSR count). The van der Waals surface area contributed by atoms with Gasteiger partial charge in [-0.2, -0.15) is 0 Å². The van der Waals surface area contributed by atoms with Crippen LogP contribution in [-0.4, -0.2) is 29.7 Å². The summed E-state index contributed by atoms with van der Waals surface area (Å²) in [4.78, 5) is 18.3. The molecule has 0 aliphatic rings. The van der Waals surface area contributed by atoms with Gasteiger partial charge in [0.15, 0.2) is 16.5 Å². The molecule has 7 heteroatoms. The van der Waals surface area contributed by atoms with Crippen molar-refractivity contribution >= 4 is 33.4 Å². The predicted molar refractivity (Wildman–Crippen MR) is 140 cm³/mol. The third-order valence-corrected chi connectivity index (χ3v) is 6.53. The van der Waals surface area contributed by atoms with E-state index in [0.29, 0.717) is 40.0 Å². The second-order valence-electron chi connectivity index (χ2n) is 7.85. The van der Waals surface area contributed by atoms with E-state index < -0.39 is 0 Å². The quantitative estimate of drug-likeness (QED) is 0.225. The van der Waals surface area contributed by atoms with Crippen molar-refractivity contribution in [2.24, 2.45) is 0 Å². The van der Waals surface area contributed by atoms with Crippen LogP contribution in [0, 0.1) is 0 Å². The fourth-order valence-electron chi connectivity index (χ4n) is 3.91. The average Bonchev–Trinajstić information content (AvgIpc) is 3.39. The van der Waals surface area contributed by atoms with Gasteiger partial charge < -0.3 is 14.2 Å². The third kappa shape index (κ3) is 4.63. The SMILES string of the molecule is C=CCc1ccc(OCCOc2ccccc2/C=c2/sc3nc4ccccc4n3c2=O)c(OC)c1. The number of aromatic nitrogens is 2. The maximum absolute atomic E-state index is 13.1. The Morgan fingerprint density at radius 1 is 0.971 bits per heavy atom. The number of fused-ring (bicyclic) bond motifs is 3. The maximum Gasteiger partial charge on any atom is 0.274 e. The zero-order valence-electron chi connectivity index (χ0n) is 19.3. The van der Waals surface area contributed by atoms with Crippen molar-refractivity contribution in [3.8, 4) is 17.2 Å². The minimum absolute atomic E-state index is 0.0798. The highest BCUT2D eigenvalue weighted by molar-refractivity contribution is 7.15. The first-order valence-corrected chi connectivity index (χ1v) is 12.0. The minimum atomic E-state index is -0.0798. The van der Waals surface area contributed by atoms with Gasteiger partial charge in [-0.15, -0.1) is 6.58 Å². The average molecular weight is 485 g/mol. The van der Waals surface area contributed by atoms with E-state index in [0.717, 1.165) is 28.6 Å². The third-order valence-electron chi connectivity index (χ3n) is 5.56. The molecule has 2 heterocycles. The summed E-state index contributed by atoms with van der Waals surface area (Å²) < 4.78 is 19.6. The van der Waals surface area contributed by atoms with Gasteiger partial charge in [-0.3, -0.25) is 4.79 Å². The zero-order chi connectivity index (χ0) is 24.2. The molecule has 0 aliphatic heterocycles. The van der Waals surface area contributed by atoms with Gasteiger partial charge in [0.2, 0.25) is 0 Å². The maximum atomic E-state index is 13.1. The molecule has 0 spiro atoms. The van der Waals surface area contributed by atoms with Crippen LogP contribution >= 0.6 is 11.3 Å². The number of hydrogen-bond donors (Lipinski definition) is 0. The fourth-order valence-corrected chi connectivity index (χ4v) is 4.89. The number of benzene rings is 3. The minimum Gasteiger partial charge on any atom is -0.493 e. The Morgan fingerprint density at radius 2 is 1.74 bits per heavy atom. The summed E-state index contributed by atoms with van der Waals surface area (Å²) in [5.41, 5.74) is 3.49. The van der Waals surface area contributed by atoms with Gasteiger partial charge in [0, 0.05) is 5.56 Å². The van der Waals surface area contributed by atoms with E-state index in [4.69, 9.17) is 14.2 Å². The number of rotatable bonds is 9. The lowest BCUT2D eigenvalue weighted by atomic mass is 10.1. The molecule has 5 aromatic rings. The smallest absolute Gasteiger partial charge is 0.274 e. The lowest BCUT2D eigenvalue weighted by Crippen LogP contribution is -2.22. The van der Waals surface area contributed by atoms with Crippen molar-refractivity contribution in [2.75, 3.05) is 20.3 Å². The van der Waals surface area contributed by atoms with E-state index in [1.165, 1.54) is 11.3 Å². The molecule has 0 saturated heterocycles. The summed E-state index contributed by atoms with van der Waals surface area (Å²) in [6.45, 7) is 4.45. The molecule has 0 atom stereocenters. The van der Waals surface area contributed by atoms with Crippen LogP contribution in [0.1, 0.15) is 11.1 Å². The Labute approximate surface area is 206 Å². The van der Waals surface area contributed by atoms with Crippen LogP contribution in [0.2, 0.25) is 0 Å². The molecule has 0 amide bonds. The number of allylic oxidation sites excluding steroid dienone is 1. The van der Waals surface area contributed by atoms with Gasteiger partial charge in [-0.25, -0.2) is 9.38 Å². The molecule has 0 aliphatic carbocycles. The van der Waals surface area contributed by atoms with Crippen molar-refractivity contribution in [2.45, 2.75) is 6.42 Å². The fraction of sp³-hybridized carbons (Fsp3) is 0.143. The van der Waals surface area contributed by atoms with Crippen LogP contribution in [0.4, 0.5) is 0 Å². The molecule has 0 unspecified atom stereocenters. The Kier molecular flexibility index (Phi) is 6.50. The molecule has 0 N–H and O–H groups in total. The molecule has 0 bridgehead atoms. The monoisotopic (exact) mass is 484 g/mol. The molecule has 6 nitrogen and oxygen atoms in total. The standard InChI is InChI=1S/C28H24N2O4S/c1-3-8-19-13-14-24(25(17-19)32-2)34-16-15-33-23-12-7-4-9-20(23)18-26-27(31)30-22-11-6-5-10-21(22)29-28(30)35-26/h3-7,9-14,17-18H,1,8,15-16H2,2H3/b26-18+. The first-order chi connectivity index (χ1) is 17.2. The Bertz CT molecular complexity index is 1620. The summed E-state index contributed by atoms with van der Waals surface area (Å²) in [6, 6.07) is 21.1. The van der Waals surface area contributed by atoms with Crippen LogP contribution < -0.4 is 24.3 Å². The summed E-state index contributed by atoms with van der Waals surface area (Å²) in [5, 5.41) is 0. The number of methoxy groups -OCH3 is 1. The molecular weight excluding hydrogens is 460 g/mol. The first kappa shape index (κ1) is 22.7. The molecule has 0 fully saturated rings. The van der Waals surface area contributed by atoms with E-state index in [2.05, 4.69) is 11.6 Å².